The van der Waals surface area contributed by atoms with E-state index in [1.54, 1.807) is 0 Å². The van der Waals surface area contributed by atoms with E-state index in [2.05, 4.69) is 0 Å². The fourth-order valence-corrected chi connectivity index (χ4v) is 1.80. The minimum absolute atomic E-state index is 0.0277. The monoisotopic (exact) mass is 260 g/mol. The van der Waals surface area contributed by atoms with Gasteiger partial charge < -0.3 is 28.4 Å². The predicted molar refractivity (Wildman–Crippen MR) is 60.6 cm³/mol. The molecule has 104 valence electrons. The van der Waals surface area contributed by atoms with E-state index in [-0.39, 0.29) is 24.4 Å². The molecule has 3 aliphatic heterocycles. The van der Waals surface area contributed by atoms with E-state index >= 15 is 0 Å². The SMILES string of the molecule is C1OCC1OCC(COC1COC1)OC1COC1. The van der Waals surface area contributed by atoms with Crippen LogP contribution >= 0.6 is 0 Å². The summed E-state index contributed by atoms with van der Waals surface area (Å²) in [7, 11) is 0. The Morgan fingerprint density at radius 2 is 1.17 bits per heavy atom. The smallest absolute Gasteiger partial charge is 0.105 e. The maximum atomic E-state index is 5.87. The Bertz CT molecular complexity index is 231. The van der Waals surface area contributed by atoms with Gasteiger partial charge in [-0.1, -0.05) is 0 Å². The van der Waals surface area contributed by atoms with Gasteiger partial charge in [0.15, 0.2) is 0 Å². The second-order valence-electron chi connectivity index (χ2n) is 4.90. The Balaban J connectivity index is 1.36. The highest BCUT2D eigenvalue weighted by Crippen LogP contribution is 2.14. The van der Waals surface area contributed by atoms with Crippen LogP contribution in [0.2, 0.25) is 0 Å². The summed E-state index contributed by atoms with van der Waals surface area (Å²) in [4.78, 5) is 0. The molecule has 0 aromatic rings. The Morgan fingerprint density at radius 1 is 0.722 bits per heavy atom. The van der Waals surface area contributed by atoms with E-state index in [0.717, 1.165) is 0 Å². The molecule has 0 radical (unpaired) electrons. The van der Waals surface area contributed by atoms with Gasteiger partial charge in [0.1, 0.15) is 24.4 Å². The van der Waals surface area contributed by atoms with Gasteiger partial charge in [0.25, 0.3) is 0 Å². The van der Waals surface area contributed by atoms with Gasteiger partial charge in [0.05, 0.1) is 52.9 Å². The number of rotatable bonds is 8. The fourth-order valence-electron chi connectivity index (χ4n) is 1.80. The van der Waals surface area contributed by atoms with Crippen molar-refractivity contribution in [3.63, 3.8) is 0 Å². The number of ether oxygens (including phenoxy) is 6. The summed E-state index contributed by atoms with van der Waals surface area (Å²) in [5, 5.41) is 0. The standard InChI is InChI=1S/C12H20O6/c1-9(2-13-1)16-7-12(18-11-5-15-6-11)8-17-10-3-14-4-10/h9-12H,1-8H2. The molecule has 3 aliphatic rings. The van der Waals surface area contributed by atoms with Crippen LogP contribution in [0.4, 0.5) is 0 Å². The largest absolute Gasteiger partial charge is 0.376 e. The molecule has 0 aromatic carbocycles. The van der Waals surface area contributed by atoms with Crippen molar-refractivity contribution in [3.05, 3.63) is 0 Å². The summed E-state index contributed by atoms with van der Waals surface area (Å²) in [6, 6.07) is 0. The van der Waals surface area contributed by atoms with Crippen molar-refractivity contribution in [3.8, 4) is 0 Å². The van der Waals surface area contributed by atoms with Gasteiger partial charge >= 0.3 is 0 Å². The van der Waals surface area contributed by atoms with Crippen LogP contribution in [-0.4, -0.2) is 77.3 Å². The zero-order chi connectivity index (χ0) is 12.2. The Hall–Kier alpha value is -0.240. The van der Waals surface area contributed by atoms with E-state index in [1.165, 1.54) is 0 Å². The average molecular weight is 260 g/mol. The lowest BCUT2D eigenvalue weighted by Crippen LogP contribution is -2.45. The van der Waals surface area contributed by atoms with Crippen molar-refractivity contribution in [2.45, 2.75) is 24.4 Å². The lowest BCUT2D eigenvalue weighted by atomic mass is 10.2. The lowest BCUT2D eigenvalue weighted by molar-refractivity contribution is -0.212. The van der Waals surface area contributed by atoms with Crippen molar-refractivity contribution in [1.29, 1.82) is 0 Å². The van der Waals surface area contributed by atoms with Gasteiger partial charge in [-0.15, -0.1) is 0 Å². The van der Waals surface area contributed by atoms with E-state index in [9.17, 15) is 0 Å². The van der Waals surface area contributed by atoms with Crippen molar-refractivity contribution in [2.75, 3.05) is 52.9 Å². The number of hydrogen-bond donors (Lipinski definition) is 0. The first kappa shape index (κ1) is 12.8. The van der Waals surface area contributed by atoms with E-state index in [0.29, 0.717) is 52.9 Å². The Morgan fingerprint density at radius 3 is 1.50 bits per heavy atom. The minimum Gasteiger partial charge on any atom is -0.376 e. The van der Waals surface area contributed by atoms with Crippen LogP contribution < -0.4 is 0 Å². The molecule has 6 nitrogen and oxygen atoms in total. The van der Waals surface area contributed by atoms with Crippen molar-refractivity contribution in [2.24, 2.45) is 0 Å². The van der Waals surface area contributed by atoms with Crippen molar-refractivity contribution in [1.82, 2.24) is 0 Å². The number of hydrogen-bond acceptors (Lipinski definition) is 6. The van der Waals surface area contributed by atoms with Crippen LogP contribution in [0, 0.1) is 0 Å². The van der Waals surface area contributed by atoms with Crippen molar-refractivity contribution >= 4 is 0 Å². The zero-order valence-electron chi connectivity index (χ0n) is 10.4. The highest BCUT2D eigenvalue weighted by molar-refractivity contribution is 4.72. The van der Waals surface area contributed by atoms with Gasteiger partial charge in [0.2, 0.25) is 0 Å². The van der Waals surface area contributed by atoms with Crippen LogP contribution in [-0.2, 0) is 28.4 Å². The molecule has 18 heavy (non-hydrogen) atoms. The second kappa shape index (κ2) is 6.27. The molecule has 0 atom stereocenters. The van der Waals surface area contributed by atoms with Crippen LogP contribution in [0.5, 0.6) is 0 Å². The van der Waals surface area contributed by atoms with Gasteiger partial charge in [-0.3, -0.25) is 0 Å². The molecular formula is C12H20O6. The molecule has 3 heterocycles. The van der Waals surface area contributed by atoms with Crippen LogP contribution in [0.15, 0.2) is 0 Å². The fraction of sp³-hybridized carbons (Fsp3) is 1.00. The van der Waals surface area contributed by atoms with E-state index < -0.39 is 0 Å². The first-order valence-electron chi connectivity index (χ1n) is 6.52. The lowest BCUT2D eigenvalue weighted by Gasteiger charge is -2.34. The highest BCUT2D eigenvalue weighted by Gasteiger charge is 2.28. The summed E-state index contributed by atoms with van der Waals surface area (Å²) in [6.07, 6.45) is 0.610. The second-order valence-corrected chi connectivity index (χ2v) is 4.90. The summed E-state index contributed by atoms with van der Waals surface area (Å²) >= 11 is 0. The quantitative estimate of drug-likeness (QED) is 0.592. The van der Waals surface area contributed by atoms with E-state index in [4.69, 9.17) is 28.4 Å². The minimum atomic E-state index is -0.0277. The average Bonchev–Trinajstić information content (AvgIpc) is 2.17. The predicted octanol–water partition coefficient (Wildman–Crippen LogP) is -0.399. The molecule has 3 rings (SSSR count). The highest BCUT2D eigenvalue weighted by atomic mass is 16.6. The third-order valence-corrected chi connectivity index (χ3v) is 3.24. The molecule has 0 bridgehead atoms. The summed E-state index contributed by atoms with van der Waals surface area (Å²) in [5.74, 6) is 0. The molecule has 0 amide bonds. The maximum Gasteiger partial charge on any atom is 0.105 e. The molecule has 3 saturated heterocycles. The molecule has 6 heteroatoms. The third-order valence-electron chi connectivity index (χ3n) is 3.24. The van der Waals surface area contributed by atoms with Gasteiger partial charge in [-0.25, -0.2) is 0 Å². The Kier molecular flexibility index (Phi) is 4.45. The molecule has 3 fully saturated rings. The Labute approximate surface area is 106 Å². The first-order valence-corrected chi connectivity index (χ1v) is 6.52. The molecule has 0 N–H and O–H groups in total. The van der Waals surface area contributed by atoms with E-state index in [1.807, 2.05) is 0 Å². The first-order chi connectivity index (χ1) is 8.90. The molecule has 0 aliphatic carbocycles. The summed E-state index contributed by atoms with van der Waals surface area (Å²) in [6.45, 7) is 5.22. The topological polar surface area (TPSA) is 55.4 Å². The molecule has 0 aromatic heterocycles. The maximum absolute atomic E-state index is 5.87. The molecule has 0 unspecified atom stereocenters. The molecular weight excluding hydrogens is 240 g/mol. The third kappa shape index (κ3) is 3.40. The van der Waals surface area contributed by atoms with Gasteiger partial charge in [-0.05, 0) is 0 Å². The van der Waals surface area contributed by atoms with Crippen LogP contribution in [0.3, 0.4) is 0 Å². The van der Waals surface area contributed by atoms with Gasteiger partial charge in [-0.2, -0.15) is 0 Å². The van der Waals surface area contributed by atoms with Crippen LogP contribution in [0.25, 0.3) is 0 Å². The van der Waals surface area contributed by atoms with Gasteiger partial charge in [0, 0.05) is 0 Å². The zero-order valence-corrected chi connectivity index (χ0v) is 10.4. The normalized spacial score (nSPS) is 25.8. The summed E-state index contributed by atoms with van der Waals surface area (Å²) in [5.41, 5.74) is 0. The molecule has 0 spiro atoms. The van der Waals surface area contributed by atoms with Crippen molar-refractivity contribution < 1.29 is 28.4 Å². The summed E-state index contributed by atoms with van der Waals surface area (Å²) < 4.78 is 32.5. The van der Waals surface area contributed by atoms with Crippen LogP contribution in [0.1, 0.15) is 0 Å². The molecule has 0 saturated carbocycles.